The summed E-state index contributed by atoms with van der Waals surface area (Å²) in [5.41, 5.74) is 2.16. The quantitative estimate of drug-likeness (QED) is 0.756. The predicted molar refractivity (Wildman–Crippen MR) is 103 cm³/mol. The summed E-state index contributed by atoms with van der Waals surface area (Å²) in [4.78, 5) is 26.2. The zero-order valence-electron chi connectivity index (χ0n) is 15.6. The van der Waals surface area contributed by atoms with E-state index >= 15 is 0 Å². The van der Waals surface area contributed by atoms with E-state index in [2.05, 4.69) is 16.0 Å². The van der Waals surface area contributed by atoms with Crippen molar-refractivity contribution in [2.45, 2.75) is 39.0 Å². The Bertz CT molecular complexity index is 613. The summed E-state index contributed by atoms with van der Waals surface area (Å²) in [5, 5.41) is 9.03. The summed E-state index contributed by atoms with van der Waals surface area (Å²) >= 11 is 0. The van der Waals surface area contributed by atoms with Gasteiger partial charge >= 0.3 is 6.03 Å². The van der Waals surface area contributed by atoms with Crippen molar-refractivity contribution in [3.05, 3.63) is 29.8 Å². The van der Waals surface area contributed by atoms with Crippen LogP contribution in [0.4, 0.5) is 10.5 Å². The Balaban J connectivity index is 1.46. The van der Waals surface area contributed by atoms with E-state index in [4.69, 9.17) is 0 Å². The largest absolute Gasteiger partial charge is 0.342 e. The first-order chi connectivity index (χ1) is 12.6. The van der Waals surface area contributed by atoms with Gasteiger partial charge in [-0.05, 0) is 55.3 Å². The van der Waals surface area contributed by atoms with Crippen LogP contribution in [0.1, 0.15) is 38.2 Å². The second-order valence-corrected chi connectivity index (χ2v) is 7.56. The molecule has 1 spiro atoms. The normalized spacial score (nSPS) is 18.7. The highest BCUT2D eigenvalue weighted by atomic mass is 16.2. The Morgan fingerprint density at radius 3 is 2.50 bits per heavy atom. The number of nitrogens with zero attached hydrogens (tertiary/aromatic N) is 1. The van der Waals surface area contributed by atoms with Crippen molar-refractivity contribution in [2.75, 3.05) is 38.0 Å². The molecule has 0 aromatic heterocycles. The van der Waals surface area contributed by atoms with Gasteiger partial charge in [-0.15, -0.1) is 0 Å². The van der Waals surface area contributed by atoms with E-state index in [0.717, 1.165) is 56.7 Å². The fourth-order valence-electron chi connectivity index (χ4n) is 3.86. The molecule has 6 nitrogen and oxygen atoms in total. The standard InChI is InChI=1S/C20H30N4O2/c1-2-10-22-19(26)23-17-5-3-16(4-6-17)14-18(25)24-12-8-20(9-13-24)7-11-21-15-20/h3-6,21H,2,7-15H2,1H3,(H2,22,23,26). The zero-order chi connectivity index (χ0) is 18.4. The Morgan fingerprint density at radius 2 is 1.88 bits per heavy atom. The van der Waals surface area contributed by atoms with Crippen LogP contribution in [0.3, 0.4) is 0 Å². The molecule has 142 valence electrons. The van der Waals surface area contributed by atoms with Gasteiger partial charge < -0.3 is 20.9 Å². The number of carbonyl (C=O) groups excluding carboxylic acids is 2. The van der Waals surface area contributed by atoms with Gasteiger partial charge in [-0.3, -0.25) is 4.79 Å². The molecule has 2 heterocycles. The number of anilines is 1. The highest BCUT2D eigenvalue weighted by molar-refractivity contribution is 5.89. The summed E-state index contributed by atoms with van der Waals surface area (Å²) in [6.07, 6.45) is 4.80. The fourth-order valence-corrected chi connectivity index (χ4v) is 3.86. The minimum Gasteiger partial charge on any atom is -0.342 e. The van der Waals surface area contributed by atoms with Crippen molar-refractivity contribution >= 4 is 17.6 Å². The fraction of sp³-hybridized carbons (Fsp3) is 0.600. The SMILES string of the molecule is CCCNC(=O)Nc1ccc(CC(=O)N2CCC3(CCNC3)CC2)cc1. The van der Waals surface area contributed by atoms with Gasteiger partial charge in [0.1, 0.15) is 0 Å². The number of likely N-dealkylation sites (tertiary alicyclic amines) is 1. The summed E-state index contributed by atoms with van der Waals surface area (Å²) < 4.78 is 0. The Labute approximate surface area is 155 Å². The smallest absolute Gasteiger partial charge is 0.319 e. The van der Waals surface area contributed by atoms with Gasteiger partial charge in [-0.25, -0.2) is 4.79 Å². The average molecular weight is 358 g/mol. The summed E-state index contributed by atoms with van der Waals surface area (Å²) in [6.45, 7) is 6.64. The van der Waals surface area contributed by atoms with Gasteiger partial charge in [0.05, 0.1) is 6.42 Å². The number of hydrogen-bond donors (Lipinski definition) is 3. The van der Waals surface area contributed by atoms with Crippen molar-refractivity contribution in [1.29, 1.82) is 0 Å². The summed E-state index contributed by atoms with van der Waals surface area (Å²) in [5.74, 6) is 0.201. The average Bonchev–Trinajstić information content (AvgIpc) is 3.10. The molecular formula is C20H30N4O2. The minimum atomic E-state index is -0.195. The van der Waals surface area contributed by atoms with Gasteiger partial charge in [0.15, 0.2) is 0 Å². The van der Waals surface area contributed by atoms with Crippen LogP contribution in [0.2, 0.25) is 0 Å². The van der Waals surface area contributed by atoms with Gasteiger partial charge in [-0.2, -0.15) is 0 Å². The number of hydrogen-bond acceptors (Lipinski definition) is 3. The van der Waals surface area contributed by atoms with E-state index in [0.29, 0.717) is 18.4 Å². The molecule has 0 unspecified atom stereocenters. The Hall–Kier alpha value is -2.08. The molecule has 2 saturated heterocycles. The van der Waals surface area contributed by atoms with E-state index in [9.17, 15) is 9.59 Å². The van der Waals surface area contributed by atoms with Crippen LogP contribution < -0.4 is 16.0 Å². The van der Waals surface area contributed by atoms with Crippen LogP contribution in [0, 0.1) is 5.41 Å². The zero-order valence-corrected chi connectivity index (χ0v) is 15.6. The third kappa shape index (κ3) is 4.75. The third-order valence-electron chi connectivity index (χ3n) is 5.61. The molecule has 3 amide bonds. The monoisotopic (exact) mass is 358 g/mol. The molecule has 0 atom stereocenters. The topological polar surface area (TPSA) is 73.5 Å². The highest BCUT2D eigenvalue weighted by Crippen LogP contribution is 2.36. The molecule has 1 aromatic carbocycles. The summed E-state index contributed by atoms with van der Waals surface area (Å²) in [7, 11) is 0. The maximum absolute atomic E-state index is 12.6. The van der Waals surface area contributed by atoms with Gasteiger partial charge in [0.2, 0.25) is 5.91 Å². The first-order valence-electron chi connectivity index (χ1n) is 9.72. The van der Waals surface area contributed by atoms with Crippen LogP contribution in [0.5, 0.6) is 0 Å². The second-order valence-electron chi connectivity index (χ2n) is 7.56. The van der Waals surface area contributed by atoms with Gasteiger partial charge in [0.25, 0.3) is 0 Å². The molecule has 0 saturated carbocycles. The van der Waals surface area contributed by atoms with Crippen molar-refractivity contribution < 1.29 is 9.59 Å². The van der Waals surface area contributed by atoms with E-state index in [1.54, 1.807) is 0 Å². The molecule has 6 heteroatoms. The molecule has 2 fully saturated rings. The highest BCUT2D eigenvalue weighted by Gasteiger charge is 2.37. The Kier molecular flexibility index (Phi) is 6.14. The van der Waals surface area contributed by atoms with Crippen LogP contribution in [-0.4, -0.2) is 49.6 Å². The minimum absolute atomic E-state index is 0.195. The van der Waals surface area contributed by atoms with E-state index < -0.39 is 0 Å². The van der Waals surface area contributed by atoms with Crippen LogP contribution in [-0.2, 0) is 11.2 Å². The molecule has 0 radical (unpaired) electrons. The molecule has 2 aliphatic heterocycles. The number of piperidine rings is 1. The van der Waals surface area contributed by atoms with Crippen LogP contribution in [0.25, 0.3) is 0 Å². The first-order valence-corrected chi connectivity index (χ1v) is 9.72. The number of amides is 3. The van der Waals surface area contributed by atoms with E-state index in [-0.39, 0.29) is 11.9 Å². The lowest BCUT2D eigenvalue weighted by Crippen LogP contribution is -2.44. The van der Waals surface area contributed by atoms with Gasteiger partial charge in [0, 0.05) is 31.9 Å². The molecule has 2 aliphatic rings. The van der Waals surface area contributed by atoms with Crippen molar-refractivity contribution in [3.8, 4) is 0 Å². The number of carbonyl (C=O) groups is 2. The number of nitrogens with one attached hydrogen (secondary N) is 3. The number of rotatable bonds is 5. The molecule has 1 aromatic rings. The second kappa shape index (κ2) is 8.54. The maximum atomic E-state index is 12.6. The van der Waals surface area contributed by atoms with Gasteiger partial charge in [-0.1, -0.05) is 19.1 Å². The van der Waals surface area contributed by atoms with Crippen molar-refractivity contribution in [3.63, 3.8) is 0 Å². The molecule has 3 rings (SSSR count). The lowest BCUT2D eigenvalue weighted by molar-refractivity contribution is -0.132. The molecule has 0 bridgehead atoms. The lowest BCUT2D eigenvalue weighted by atomic mass is 9.78. The molecule has 26 heavy (non-hydrogen) atoms. The predicted octanol–water partition coefficient (Wildman–Crippen LogP) is 2.36. The van der Waals surface area contributed by atoms with E-state index in [1.165, 1.54) is 6.42 Å². The molecular weight excluding hydrogens is 328 g/mol. The van der Waals surface area contributed by atoms with Crippen LogP contribution in [0.15, 0.2) is 24.3 Å². The first kappa shape index (κ1) is 18.7. The molecule has 3 N–H and O–H groups in total. The lowest BCUT2D eigenvalue weighted by Gasteiger charge is -2.39. The van der Waals surface area contributed by atoms with Crippen molar-refractivity contribution in [1.82, 2.24) is 15.5 Å². The Morgan fingerprint density at radius 1 is 1.15 bits per heavy atom. The summed E-state index contributed by atoms with van der Waals surface area (Å²) in [6, 6.07) is 7.34. The maximum Gasteiger partial charge on any atom is 0.319 e. The van der Waals surface area contributed by atoms with Crippen molar-refractivity contribution in [2.24, 2.45) is 5.41 Å². The number of urea groups is 1. The third-order valence-corrected chi connectivity index (χ3v) is 5.61. The van der Waals surface area contributed by atoms with E-state index in [1.807, 2.05) is 36.1 Å². The van der Waals surface area contributed by atoms with Crippen LogP contribution >= 0.6 is 0 Å². The number of benzene rings is 1. The molecule has 0 aliphatic carbocycles.